The van der Waals surface area contributed by atoms with Crippen LogP contribution in [0.3, 0.4) is 0 Å². The van der Waals surface area contributed by atoms with Crippen LogP contribution in [0.4, 0.5) is 23.2 Å². The Balaban J connectivity index is 1.49. The highest BCUT2D eigenvalue weighted by Gasteiger charge is 2.53. The van der Waals surface area contributed by atoms with Gasteiger partial charge in [0.2, 0.25) is 5.91 Å². The fraction of sp³-hybridized carbons (Fsp3) is 0.423. The van der Waals surface area contributed by atoms with Crippen LogP contribution in [0.2, 0.25) is 0 Å². The average molecular weight is 520 g/mol. The van der Waals surface area contributed by atoms with Crippen LogP contribution >= 0.6 is 0 Å². The van der Waals surface area contributed by atoms with Crippen molar-refractivity contribution in [3.05, 3.63) is 59.4 Å². The number of benzene rings is 2. The highest BCUT2D eigenvalue weighted by atomic mass is 19.4. The van der Waals surface area contributed by atoms with Crippen LogP contribution in [0.25, 0.3) is 0 Å². The maximum Gasteiger partial charge on any atom is 0.573 e. The lowest BCUT2D eigenvalue weighted by Crippen LogP contribution is -2.59. The predicted molar refractivity (Wildman–Crippen MR) is 122 cm³/mol. The number of alkyl halides is 3. The number of hydrogen-bond donors (Lipinski definition) is 1. The number of carboxylic acids is 1. The normalized spacial score (nSPS) is 22.4. The molecule has 1 aliphatic heterocycles. The first kappa shape index (κ1) is 25.0. The zero-order valence-corrected chi connectivity index (χ0v) is 19.6. The van der Waals surface area contributed by atoms with E-state index in [-0.39, 0.29) is 42.3 Å². The molecule has 3 unspecified atom stereocenters. The Morgan fingerprint density at radius 1 is 1.00 bits per heavy atom. The Hall–Kier alpha value is -3.63. The number of anilines is 1. The average Bonchev–Trinajstić information content (AvgIpc) is 3.63. The molecule has 2 saturated carbocycles. The molecular formula is C26H24F4N2O5. The van der Waals surface area contributed by atoms with Gasteiger partial charge in [-0.1, -0.05) is 6.07 Å². The smallest absolute Gasteiger partial charge is 0.481 e. The van der Waals surface area contributed by atoms with E-state index in [9.17, 15) is 31.9 Å². The van der Waals surface area contributed by atoms with Crippen molar-refractivity contribution in [1.82, 2.24) is 4.90 Å². The summed E-state index contributed by atoms with van der Waals surface area (Å²) in [4.78, 5) is 41.0. The van der Waals surface area contributed by atoms with Crippen molar-refractivity contribution >= 4 is 23.5 Å². The van der Waals surface area contributed by atoms with Crippen LogP contribution in [-0.2, 0) is 9.59 Å². The highest BCUT2D eigenvalue weighted by molar-refractivity contribution is 6.07. The summed E-state index contributed by atoms with van der Waals surface area (Å²) < 4.78 is 55.9. The van der Waals surface area contributed by atoms with Gasteiger partial charge in [0.15, 0.2) is 0 Å². The SMILES string of the molecule is O=C(O)CCC(=O)N(C1CC1)C1c2ccc(F)cc2N(C(=O)c2ccc(OC(F)(F)F)cc2)C2CCC21. The number of aliphatic carboxylic acids is 1. The molecule has 3 aliphatic rings. The number of carbonyl (C=O) groups is 3. The van der Waals surface area contributed by atoms with Gasteiger partial charge in [-0.05, 0) is 67.6 Å². The van der Waals surface area contributed by atoms with Gasteiger partial charge in [-0.25, -0.2) is 4.39 Å². The molecule has 2 aliphatic carbocycles. The van der Waals surface area contributed by atoms with Gasteiger partial charge in [0, 0.05) is 30.0 Å². The van der Waals surface area contributed by atoms with Crippen LogP contribution in [0.5, 0.6) is 5.75 Å². The molecule has 196 valence electrons. The van der Waals surface area contributed by atoms with E-state index in [4.69, 9.17) is 5.11 Å². The van der Waals surface area contributed by atoms with Crippen molar-refractivity contribution in [3.8, 4) is 5.75 Å². The third-order valence-electron chi connectivity index (χ3n) is 7.23. The maximum atomic E-state index is 14.4. The first-order valence-corrected chi connectivity index (χ1v) is 12.1. The zero-order chi connectivity index (χ0) is 26.5. The van der Waals surface area contributed by atoms with E-state index >= 15 is 0 Å². The van der Waals surface area contributed by atoms with E-state index < -0.39 is 35.8 Å². The molecular weight excluding hydrogens is 496 g/mol. The van der Waals surface area contributed by atoms with Crippen LogP contribution in [-0.4, -0.2) is 46.2 Å². The number of fused-ring (bicyclic) bond motifs is 2. The van der Waals surface area contributed by atoms with Crippen LogP contribution < -0.4 is 9.64 Å². The second kappa shape index (κ2) is 9.35. The molecule has 2 fully saturated rings. The number of carbonyl (C=O) groups excluding carboxylic acids is 2. The van der Waals surface area contributed by atoms with Crippen LogP contribution in [0.15, 0.2) is 42.5 Å². The summed E-state index contributed by atoms with van der Waals surface area (Å²) in [6, 6.07) is 7.83. The molecule has 0 saturated heterocycles. The molecule has 2 aromatic carbocycles. The number of amides is 2. The van der Waals surface area contributed by atoms with Crippen LogP contribution in [0, 0.1) is 11.7 Å². The molecule has 1 N–H and O–H groups in total. The van der Waals surface area contributed by atoms with Crippen molar-refractivity contribution in [3.63, 3.8) is 0 Å². The largest absolute Gasteiger partial charge is 0.573 e. The lowest BCUT2D eigenvalue weighted by atomic mass is 9.67. The lowest BCUT2D eigenvalue weighted by molar-refractivity contribution is -0.274. The molecule has 0 aromatic heterocycles. The summed E-state index contributed by atoms with van der Waals surface area (Å²) in [5.74, 6) is -3.01. The van der Waals surface area contributed by atoms with E-state index in [1.165, 1.54) is 29.2 Å². The molecule has 37 heavy (non-hydrogen) atoms. The minimum atomic E-state index is -4.86. The zero-order valence-electron chi connectivity index (χ0n) is 19.6. The van der Waals surface area contributed by atoms with Gasteiger partial charge in [-0.2, -0.15) is 0 Å². The van der Waals surface area contributed by atoms with E-state index in [2.05, 4.69) is 4.74 Å². The van der Waals surface area contributed by atoms with Gasteiger partial charge in [-0.15, -0.1) is 13.2 Å². The second-order valence-electron chi connectivity index (χ2n) is 9.63. The highest BCUT2D eigenvalue weighted by Crippen LogP contribution is 2.54. The quantitative estimate of drug-likeness (QED) is 0.516. The first-order chi connectivity index (χ1) is 17.5. The summed E-state index contributed by atoms with van der Waals surface area (Å²) in [5.41, 5.74) is 1.02. The Morgan fingerprint density at radius 2 is 1.70 bits per heavy atom. The number of carboxylic acid groups (broad SMARTS) is 1. The Morgan fingerprint density at radius 3 is 2.27 bits per heavy atom. The monoisotopic (exact) mass is 520 g/mol. The molecule has 1 heterocycles. The van der Waals surface area contributed by atoms with Gasteiger partial charge < -0.3 is 19.6 Å². The Bertz CT molecular complexity index is 1230. The van der Waals surface area contributed by atoms with Crippen molar-refractivity contribution < 1.29 is 41.8 Å². The summed E-state index contributed by atoms with van der Waals surface area (Å²) in [6.07, 6.45) is -2.40. The predicted octanol–water partition coefficient (Wildman–Crippen LogP) is 5.06. The molecule has 0 radical (unpaired) electrons. The van der Waals surface area contributed by atoms with Gasteiger partial charge in [0.1, 0.15) is 11.6 Å². The maximum absolute atomic E-state index is 14.4. The topological polar surface area (TPSA) is 87.2 Å². The van der Waals surface area contributed by atoms with E-state index in [0.29, 0.717) is 24.1 Å². The molecule has 0 bridgehead atoms. The number of ether oxygens (including phenoxy) is 1. The number of rotatable bonds is 7. The molecule has 0 spiro atoms. The van der Waals surface area contributed by atoms with Gasteiger partial charge in [0.05, 0.1) is 18.2 Å². The van der Waals surface area contributed by atoms with Crippen molar-refractivity contribution in [1.29, 1.82) is 0 Å². The molecule has 11 heteroatoms. The molecule has 2 aromatic rings. The van der Waals surface area contributed by atoms with Crippen molar-refractivity contribution in [2.24, 2.45) is 5.92 Å². The fourth-order valence-corrected chi connectivity index (χ4v) is 5.42. The van der Waals surface area contributed by atoms with E-state index in [1.54, 1.807) is 11.0 Å². The summed E-state index contributed by atoms with van der Waals surface area (Å²) in [7, 11) is 0. The Kier molecular flexibility index (Phi) is 6.33. The molecule has 2 amide bonds. The third kappa shape index (κ3) is 4.99. The second-order valence-corrected chi connectivity index (χ2v) is 9.63. The number of halogens is 4. The molecule has 3 atom stereocenters. The van der Waals surface area contributed by atoms with Crippen molar-refractivity contribution in [2.45, 2.75) is 63.0 Å². The van der Waals surface area contributed by atoms with E-state index in [1.807, 2.05) is 0 Å². The van der Waals surface area contributed by atoms with Crippen molar-refractivity contribution in [2.75, 3.05) is 4.90 Å². The summed E-state index contributed by atoms with van der Waals surface area (Å²) in [6.45, 7) is 0. The third-order valence-corrected chi connectivity index (χ3v) is 7.23. The minimum Gasteiger partial charge on any atom is -0.481 e. The number of hydrogen-bond acceptors (Lipinski definition) is 4. The standard InChI is InChI=1S/C26H24F4N2O5/c27-15-3-8-19-21(13-15)32(25(36)14-1-6-17(7-2-14)37-26(28,29)30)20-10-9-18(20)24(19)31(16-4-5-16)22(33)11-12-23(34)35/h1-3,6-8,13,16,18,20,24H,4-5,9-12H2,(H,34,35). The molecule has 5 rings (SSSR count). The van der Waals surface area contributed by atoms with Gasteiger partial charge >= 0.3 is 12.3 Å². The lowest BCUT2D eigenvalue weighted by Gasteiger charge is -2.55. The summed E-state index contributed by atoms with van der Waals surface area (Å²) >= 11 is 0. The Labute approximate surface area is 209 Å². The number of nitrogens with zero attached hydrogens (tertiary/aromatic N) is 2. The fourth-order valence-electron chi connectivity index (χ4n) is 5.42. The summed E-state index contributed by atoms with van der Waals surface area (Å²) in [5, 5.41) is 9.06. The van der Waals surface area contributed by atoms with E-state index in [0.717, 1.165) is 25.0 Å². The van der Waals surface area contributed by atoms with Gasteiger partial charge in [0.25, 0.3) is 5.91 Å². The molecule has 7 nitrogen and oxygen atoms in total. The van der Waals surface area contributed by atoms with Gasteiger partial charge in [-0.3, -0.25) is 14.4 Å². The van der Waals surface area contributed by atoms with Crippen LogP contribution in [0.1, 0.15) is 60.5 Å². The minimum absolute atomic E-state index is 0.0334. The first-order valence-electron chi connectivity index (χ1n) is 12.1.